The maximum atomic E-state index is 12.7. The lowest BCUT2D eigenvalue weighted by Crippen LogP contribution is -2.42. The molecule has 0 aromatic heterocycles. The van der Waals surface area contributed by atoms with Crippen molar-refractivity contribution in [2.45, 2.75) is 38.6 Å². The molecule has 1 aliphatic heterocycles. The van der Waals surface area contributed by atoms with Crippen LogP contribution in [0.4, 0.5) is 0 Å². The van der Waals surface area contributed by atoms with Gasteiger partial charge in [-0.1, -0.05) is 36.4 Å². The van der Waals surface area contributed by atoms with Crippen molar-refractivity contribution in [2.75, 3.05) is 6.54 Å². The van der Waals surface area contributed by atoms with E-state index in [0.717, 1.165) is 41.3 Å². The van der Waals surface area contributed by atoms with E-state index in [2.05, 4.69) is 6.92 Å². The van der Waals surface area contributed by atoms with Crippen molar-refractivity contribution in [1.82, 2.24) is 4.90 Å². The van der Waals surface area contributed by atoms with E-state index in [4.69, 9.17) is 5.41 Å². The van der Waals surface area contributed by atoms with Crippen molar-refractivity contribution in [3.05, 3.63) is 47.5 Å². The first-order valence-corrected chi connectivity index (χ1v) is 8.01. The van der Waals surface area contributed by atoms with Crippen LogP contribution in [0.25, 0.3) is 10.8 Å². The van der Waals surface area contributed by atoms with Crippen LogP contribution in [0.5, 0.6) is 0 Å². The monoisotopic (exact) mass is 294 g/mol. The molecule has 1 amide bonds. The van der Waals surface area contributed by atoms with Crippen molar-refractivity contribution in [2.24, 2.45) is 0 Å². The minimum atomic E-state index is 0.222. The maximum absolute atomic E-state index is 12.7. The van der Waals surface area contributed by atoms with Gasteiger partial charge in [-0.25, -0.2) is 0 Å². The van der Waals surface area contributed by atoms with Crippen molar-refractivity contribution < 1.29 is 4.79 Å². The molecule has 3 heteroatoms. The summed E-state index contributed by atoms with van der Waals surface area (Å²) in [7, 11) is 0. The largest absolute Gasteiger partial charge is 0.340 e. The molecule has 0 aliphatic carbocycles. The van der Waals surface area contributed by atoms with Gasteiger partial charge in [-0.3, -0.25) is 4.79 Å². The lowest BCUT2D eigenvalue weighted by atomic mass is 9.96. The quantitative estimate of drug-likeness (QED) is 0.860. The summed E-state index contributed by atoms with van der Waals surface area (Å²) in [6.45, 7) is 3.03. The summed E-state index contributed by atoms with van der Waals surface area (Å²) in [5.74, 6) is 0.222. The fourth-order valence-corrected chi connectivity index (χ4v) is 3.40. The van der Waals surface area contributed by atoms with Crippen molar-refractivity contribution in [1.29, 1.82) is 5.41 Å². The Hall–Kier alpha value is -2.16. The number of carbonyl (C=O) groups is 1. The molecule has 0 bridgehead atoms. The van der Waals surface area contributed by atoms with Crippen LogP contribution < -0.4 is 0 Å². The molecule has 1 heterocycles. The van der Waals surface area contributed by atoms with Crippen LogP contribution in [-0.2, 0) is 11.2 Å². The number of rotatable bonds is 3. The molecule has 0 spiro atoms. The lowest BCUT2D eigenvalue weighted by Gasteiger charge is -2.33. The number of carbonyl (C=O) groups excluding carboxylic acids is 1. The molecule has 1 unspecified atom stereocenters. The Morgan fingerprint density at radius 1 is 1.23 bits per heavy atom. The molecule has 0 radical (unpaired) electrons. The van der Waals surface area contributed by atoms with E-state index >= 15 is 0 Å². The van der Waals surface area contributed by atoms with Gasteiger partial charge in [0.2, 0.25) is 5.91 Å². The molecule has 2 aromatic carbocycles. The molecule has 1 saturated heterocycles. The second-order valence-electron chi connectivity index (χ2n) is 6.11. The molecule has 0 saturated carbocycles. The molecule has 114 valence electrons. The minimum Gasteiger partial charge on any atom is -0.340 e. The zero-order valence-electron chi connectivity index (χ0n) is 13.0. The number of hydrogen-bond donors (Lipinski definition) is 1. The van der Waals surface area contributed by atoms with Gasteiger partial charge in [-0.05, 0) is 48.1 Å². The molecule has 2 aromatic rings. The number of piperidine rings is 1. The van der Waals surface area contributed by atoms with Crippen LogP contribution in [-0.4, -0.2) is 29.6 Å². The van der Waals surface area contributed by atoms with E-state index in [-0.39, 0.29) is 5.91 Å². The number of fused-ring (bicyclic) bond motifs is 1. The second kappa shape index (κ2) is 6.30. The van der Waals surface area contributed by atoms with E-state index in [1.807, 2.05) is 41.3 Å². The first-order valence-electron chi connectivity index (χ1n) is 8.01. The average molecular weight is 294 g/mol. The topological polar surface area (TPSA) is 44.2 Å². The molecular formula is C19H22N2O. The molecule has 1 N–H and O–H groups in total. The fraction of sp³-hybridized carbons (Fsp3) is 0.368. The van der Waals surface area contributed by atoms with Crippen molar-refractivity contribution in [3.8, 4) is 0 Å². The summed E-state index contributed by atoms with van der Waals surface area (Å²) in [5.41, 5.74) is 1.96. The minimum absolute atomic E-state index is 0.222. The summed E-state index contributed by atoms with van der Waals surface area (Å²) in [4.78, 5) is 14.7. The normalized spacial score (nSPS) is 18.4. The molecular weight excluding hydrogens is 272 g/mol. The predicted octanol–water partition coefficient (Wildman–Crippen LogP) is 3.78. The van der Waals surface area contributed by atoms with Gasteiger partial charge in [-0.2, -0.15) is 0 Å². The van der Waals surface area contributed by atoms with Gasteiger partial charge in [0, 0.05) is 18.8 Å². The first-order chi connectivity index (χ1) is 10.7. The highest BCUT2D eigenvalue weighted by Crippen LogP contribution is 2.24. The predicted molar refractivity (Wildman–Crippen MR) is 90.6 cm³/mol. The van der Waals surface area contributed by atoms with E-state index in [9.17, 15) is 4.79 Å². The average Bonchev–Trinajstić information content (AvgIpc) is 2.55. The van der Waals surface area contributed by atoms with Gasteiger partial charge in [-0.15, -0.1) is 0 Å². The molecule has 3 nitrogen and oxygen atoms in total. The van der Waals surface area contributed by atoms with Gasteiger partial charge in [0.15, 0.2) is 0 Å². The smallest absolute Gasteiger partial charge is 0.227 e. The Morgan fingerprint density at radius 2 is 2.00 bits per heavy atom. The lowest BCUT2D eigenvalue weighted by molar-refractivity contribution is -0.133. The standard InChI is InChI=1S/C19H22N2O/c1-14-6-4-5-11-21(14)19(22)12-15-9-10-16(13-20)18-8-3-2-7-17(15)18/h2-3,7-10,13-14,20H,4-6,11-12H2,1H3. The third kappa shape index (κ3) is 2.76. The third-order valence-corrected chi connectivity index (χ3v) is 4.67. The molecule has 1 atom stereocenters. The molecule has 3 rings (SSSR count). The van der Waals surface area contributed by atoms with Crippen LogP contribution >= 0.6 is 0 Å². The van der Waals surface area contributed by atoms with Crippen LogP contribution in [0.1, 0.15) is 37.3 Å². The van der Waals surface area contributed by atoms with Gasteiger partial charge in [0.25, 0.3) is 0 Å². The summed E-state index contributed by atoms with van der Waals surface area (Å²) < 4.78 is 0. The molecule has 1 aliphatic rings. The van der Waals surface area contributed by atoms with Gasteiger partial charge in [0.1, 0.15) is 0 Å². The highest BCUT2D eigenvalue weighted by molar-refractivity contribution is 6.01. The van der Waals surface area contributed by atoms with E-state index in [1.54, 1.807) is 0 Å². The third-order valence-electron chi connectivity index (χ3n) is 4.67. The second-order valence-corrected chi connectivity index (χ2v) is 6.11. The zero-order valence-corrected chi connectivity index (χ0v) is 13.0. The van der Waals surface area contributed by atoms with Gasteiger partial charge in [0.05, 0.1) is 6.42 Å². The van der Waals surface area contributed by atoms with E-state index < -0.39 is 0 Å². The summed E-state index contributed by atoms with van der Waals surface area (Å²) in [5, 5.41) is 9.66. The highest BCUT2D eigenvalue weighted by atomic mass is 16.2. The summed E-state index contributed by atoms with van der Waals surface area (Å²) >= 11 is 0. The molecule has 1 fully saturated rings. The zero-order chi connectivity index (χ0) is 15.5. The van der Waals surface area contributed by atoms with Crippen LogP contribution in [0, 0.1) is 5.41 Å². The number of nitrogens with one attached hydrogen (secondary N) is 1. The summed E-state index contributed by atoms with van der Waals surface area (Å²) in [6, 6.07) is 12.3. The number of hydrogen-bond acceptors (Lipinski definition) is 2. The molecule has 22 heavy (non-hydrogen) atoms. The maximum Gasteiger partial charge on any atom is 0.227 e. The van der Waals surface area contributed by atoms with Crippen molar-refractivity contribution >= 4 is 22.9 Å². The van der Waals surface area contributed by atoms with Gasteiger partial charge < -0.3 is 10.3 Å². The van der Waals surface area contributed by atoms with Crippen LogP contribution in [0.3, 0.4) is 0 Å². The van der Waals surface area contributed by atoms with Crippen LogP contribution in [0.2, 0.25) is 0 Å². The number of likely N-dealkylation sites (tertiary alicyclic amines) is 1. The number of benzene rings is 2. The Labute approximate surface area is 131 Å². The van der Waals surface area contributed by atoms with Gasteiger partial charge >= 0.3 is 0 Å². The summed E-state index contributed by atoms with van der Waals surface area (Å²) in [6.07, 6.45) is 5.27. The van der Waals surface area contributed by atoms with Crippen molar-refractivity contribution in [3.63, 3.8) is 0 Å². The Morgan fingerprint density at radius 3 is 2.73 bits per heavy atom. The Balaban J connectivity index is 1.91. The Kier molecular flexibility index (Phi) is 4.23. The van der Waals surface area contributed by atoms with Crippen LogP contribution in [0.15, 0.2) is 36.4 Å². The Bertz CT molecular complexity index is 708. The number of amides is 1. The highest BCUT2D eigenvalue weighted by Gasteiger charge is 2.23. The number of nitrogens with zero attached hydrogens (tertiary/aromatic N) is 1. The fourth-order valence-electron chi connectivity index (χ4n) is 3.40. The van der Waals surface area contributed by atoms with E-state index in [1.165, 1.54) is 12.6 Å². The van der Waals surface area contributed by atoms with E-state index in [0.29, 0.717) is 12.5 Å². The first kappa shape index (κ1) is 14.8. The SMILES string of the molecule is CC1CCCCN1C(=O)Cc1ccc(C=N)c2ccccc12.